The number of anilines is 1. The van der Waals surface area contributed by atoms with Gasteiger partial charge in [-0.25, -0.2) is 14.2 Å². The number of hydroxylamine groups is 2. The lowest BCUT2D eigenvalue weighted by molar-refractivity contribution is -1.20. The second-order valence-electron chi connectivity index (χ2n) is 6.15. The number of aromatic nitrogens is 1. The first kappa shape index (κ1) is 22.6. The normalized spacial score (nSPS) is 13.1. The van der Waals surface area contributed by atoms with E-state index in [0.29, 0.717) is 0 Å². The average Bonchev–Trinajstić information content (AvgIpc) is 2.69. The Kier molecular flexibility index (Phi) is 7.52. The molecule has 154 valence electrons. The molecule has 0 spiro atoms. The maximum atomic E-state index is 13.3. The van der Waals surface area contributed by atoms with Crippen molar-refractivity contribution in [1.82, 2.24) is 4.98 Å². The van der Waals surface area contributed by atoms with Crippen molar-refractivity contribution in [2.45, 2.75) is 27.2 Å². The van der Waals surface area contributed by atoms with Crippen LogP contribution in [0.1, 0.15) is 43.1 Å². The van der Waals surface area contributed by atoms with E-state index >= 15 is 0 Å². The summed E-state index contributed by atoms with van der Waals surface area (Å²) in [6, 6.07) is 8.58. The van der Waals surface area contributed by atoms with Gasteiger partial charge in [0, 0.05) is 11.1 Å². The summed E-state index contributed by atoms with van der Waals surface area (Å²) < 4.78 is 13.3. The van der Waals surface area contributed by atoms with E-state index in [2.05, 4.69) is 10.4 Å². The molecule has 1 aromatic carbocycles. The Balaban J connectivity index is 2.29. The van der Waals surface area contributed by atoms with Gasteiger partial charge in [0.15, 0.2) is 5.82 Å². The lowest BCUT2D eigenvalue weighted by Crippen LogP contribution is -2.44. The molecule has 1 aromatic heterocycles. The number of hydrogen-bond donors (Lipinski definition) is 4. The molecular weight excluding hydrogens is 397 g/mol. The molecule has 0 aliphatic heterocycles. The summed E-state index contributed by atoms with van der Waals surface area (Å²) in [5.41, 5.74) is 4.15. The lowest BCUT2D eigenvalue weighted by atomic mass is 10.1. The minimum Gasteiger partial charge on any atom is -0.478 e. The molecule has 2 rings (SSSR count). The Labute approximate surface area is 172 Å². The van der Waals surface area contributed by atoms with Crippen molar-refractivity contribution in [2.75, 3.05) is 5.43 Å². The predicted molar refractivity (Wildman–Crippen MR) is 109 cm³/mol. The molecule has 0 radical (unpaired) electrons. The molecule has 0 saturated carbocycles. The van der Waals surface area contributed by atoms with E-state index < -0.39 is 10.9 Å². The Bertz CT molecular complexity index is 926. The molecule has 0 amide bonds. The molecule has 0 saturated heterocycles. The van der Waals surface area contributed by atoms with Crippen LogP contribution in [-0.4, -0.2) is 31.4 Å². The summed E-state index contributed by atoms with van der Waals surface area (Å²) >= 11 is 1.12. The number of nitrogens with one attached hydrogen (secondary N) is 1. The monoisotopic (exact) mass is 420 g/mol. The van der Waals surface area contributed by atoms with Gasteiger partial charge in [-0.3, -0.25) is 0 Å². The summed E-state index contributed by atoms with van der Waals surface area (Å²) in [7, 11) is 0. The first-order valence-corrected chi connectivity index (χ1v) is 9.62. The number of halogens is 1. The zero-order valence-corrected chi connectivity index (χ0v) is 17.1. The molecule has 0 unspecified atom stereocenters. The maximum absolute atomic E-state index is 13.3. The minimum atomic E-state index is -1.69. The Morgan fingerprint density at radius 3 is 2.31 bits per heavy atom. The highest BCUT2D eigenvalue weighted by Crippen LogP contribution is 2.40. The molecule has 4 N–H and O–H groups in total. The summed E-state index contributed by atoms with van der Waals surface area (Å²) in [4.78, 5) is 13.9. The van der Waals surface area contributed by atoms with Crippen LogP contribution in [0.15, 0.2) is 59.3 Å². The number of allylic oxidation sites excluding steroid dienone is 2. The number of carboxylic acid groups (broad SMARTS) is 1. The third kappa shape index (κ3) is 5.88. The van der Waals surface area contributed by atoms with Crippen LogP contribution in [0.25, 0.3) is 4.91 Å². The van der Waals surface area contributed by atoms with E-state index in [1.165, 1.54) is 30.3 Å². The summed E-state index contributed by atoms with van der Waals surface area (Å²) in [5, 5.41) is 30.2. The van der Waals surface area contributed by atoms with E-state index in [0.717, 1.165) is 40.4 Å². The van der Waals surface area contributed by atoms with Crippen molar-refractivity contribution in [3.63, 3.8) is 0 Å². The highest BCUT2D eigenvalue weighted by Gasteiger charge is 2.33. The van der Waals surface area contributed by atoms with Crippen LogP contribution in [-0.2, 0) is 0 Å². The largest absolute Gasteiger partial charge is 0.478 e. The van der Waals surface area contributed by atoms with Gasteiger partial charge in [0.1, 0.15) is 5.82 Å². The van der Waals surface area contributed by atoms with Gasteiger partial charge < -0.3 is 5.11 Å². The van der Waals surface area contributed by atoms with Crippen LogP contribution in [0.2, 0.25) is 0 Å². The summed E-state index contributed by atoms with van der Waals surface area (Å²) in [6.45, 7) is 5.54. The number of quaternary nitrogens is 1. The van der Waals surface area contributed by atoms with E-state index in [4.69, 9.17) is 5.11 Å². The van der Waals surface area contributed by atoms with E-state index in [9.17, 15) is 19.6 Å². The number of thioether (sulfide) groups is 1. The van der Waals surface area contributed by atoms with Gasteiger partial charge in [-0.2, -0.15) is 0 Å². The van der Waals surface area contributed by atoms with Crippen molar-refractivity contribution in [3.05, 3.63) is 76.2 Å². The Morgan fingerprint density at radius 1 is 1.21 bits per heavy atom. The molecule has 9 heteroatoms. The fourth-order valence-corrected chi connectivity index (χ4v) is 3.44. The smallest absolute Gasteiger partial charge is 0.337 e. The first-order valence-electron chi connectivity index (χ1n) is 8.80. The van der Waals surface area contributed by atoms with Crippen molar-refractivity contribution < 1.29 is 29.6 Å². The molecule has 0 bridgehead atoms. The molecule has 2 aromatic rings. The molecule has 0 fully saturated rings. The summed E-state index contributed by atoms with van der Waals surface area (Å²) in [5.74, 6) is -1.42. The van der Waals surface area contributed by atoms with E-state index in [-0.39, 0.29) is 22.2 Å². The number of pyridine rings is 1. The molecule has 7 nitrogen and oxygen atoms in total. The maximum Gasteiger partial charge on any atom is 0.337 e. The zero-order valence-electron chi connectivity index (χ0n) is 16.3. The number of carboxylic acids is 1. The van der Waals surface area contributed by atoms with Crippen molar-refractivity contribution in [2.24, 2.45) is 0 Å². The van der Waals surface area contributed by atoms with Crippen LogP contribution in [0.4, 0.5) is 10.2 Å². The van der Waals surface area contributed by atoms with Crippen LogP contribution < -0.4 is 5.43 Å². The number of aromatic carboxylic acids is 1. The number of carbonyl (C=O) groups is 1. The topological polar surface area (TPSA) is 103 Å². The predicted octanol–water partition coefficient (Wildman–Crippen LogP) is 5.28. The summed E-state index contributed by atoms with van der Waals surface area (Å²) in [6.07, 6.45) is 3.35. The Morgan fingerprint density at radius 2 is 1.83 bits per heavy atom. The van der Waals surface area contributed by atoms with Crippen LogP contribution in [0.5, 0.6) is 0 Å². The van der Waals surface area contributed by atoms with E-state index in [1.807, 2.05) is 13.8 Å². The number of benzene rings is 1. The third-order valence-electron chi connectivity index (χ3n) is 4.07. The van der Waals surface area contributed by atoms with Gasteiger partial charge in [-0.15, -0.1) is 15.8 Å². The molecule has 0 aliphatic carbocycles. The molecule has 0 aliphatic rings. The molecule has 0 atom stereocenters. The average molecular weight is 420 g/mol. The van der Waals surface area contributed by atoms with Gasteiger partial charge in [0.2, 0.25) is 0 Å². The van der Waals surface area contributed by atoms with Gasteiger partial charge in [-0.05, 0) is 67.9 Å². The second kappa shape index (κ2) is 9.66. The van der Waals surface area contributed by atoms with Gasteiger partial charge in [0.25, 0.3) is 5.03 Å². The quantitative estimate of drug-likeness (QED) is 0.340. The number of rotatable bonds is 8. The van der Waals surface area contributed by atoms with Crippen LogP contribution in [0.3, 0.4) is 0 Å². The van der Waals surface area contributed by atoms with E-state index in [1.54, 1.807) is 19.1 Å². The van der Waals surface area contributed by atoms with Crippen molar-refractivity contribution in [3.8, 4) is 0 Å². The lowest BCUT2D eigenvalue weighted by Gasteiger charge is -2.23. The van der Waals surface area contributed by atoms with Crippen molar-refractivity contribution >= 4 is 28.5 Å². The highest BCUT2D eigenvalue weighted by atomic mass is 32.2. The fourth-order valence-electron chi connectivity index (χ4n) is 2.36. The van der Waals surface area contributed by atoms with Gasteiger partial charge in [-0.1, -0.05) is 24.6 Å². The molecule has 29 heavy (non-hydrogen) atoms. The second-order valence-corrected chi connectivity index (χ2v) is 7.18. The first-order chi connectivity index (χ1) is 13.7. The number of nitrogens with zero attached hydrogens (tertiary/aromatic N) is 2. The van der Waals surface area contributed by atoms with Gasteiger partial charge in [0.05, 0.1) is 10.5 Å². The van der Waals surface area contributed by atoms with Crippen LogP contribution in [0, 0.1) is 5.82 Å². The highest BCUT2D eigenvalue weighted by molar-refractivity contribution is 8.11. The zero-order chi connectivity index (χ0) is 21.6. The third-order valence-corrected chi connectivity index (χ3v) is 5.55. The van der Waals surface area contributed by atoms with Gasteiger partial charge >= 0.3 is 5.97 Å². The Hall–Kier alpha value is -2.72. The fraction of sp³-hybridized carbons (Fsp3) is 0.200. The standard InChI is InChI=1S/C20H22FN3O4S/c1-4-13(3)19(14-6-9-16(21)10-7-14)29-18(5-2)24(27,28)23-17-11-8-15(12-22-17)20(25)26/h5-12,27-28H,4H2,1-3H3,(H-,22,23,25,26)/p+1/b18-5-,19-13?. The van der Waals surface area contributed by atoms with Crippen molar-refractivity contribution in [1.29, 1.82) is 0 Å². The molecular formula is C20H23FN3O4S+. The van der Waals surface area contributed by atoms with Crippen LogP contribution >= 0.6 is 11.8 Å². The SMILES string of the molecule is C/C=C(\SC(=C(C)CC)c1ccc(F)cc1)[N+](O)(O)Nc1ccc(C(=O)O)cn1. The minimum absolute atomic E-state index is 0.0229. The number of hydrogen-bond acceptors (Lipinski definition) is 6. The molecule has 1 heterocycles.